The van der Waals surface area contributed by atoms with Gasteiger partial charge < -0.3 is 10.2 Å². The molecule has 1 aliphatic heterocycles. The monoisotopic (exact) mass is 262 g/mol. The van der Waals surface area contributed by atoms with Gasteiger partial charge in [-0.1, -0.05) is 19.4 Å². The highest BCUT2D eigenvalue weighted by atomic mass is 19.1. The molecule has 0 radical (unpaired) electrons. The summed E-state index contributed by atoms with van der Waals surface area (Å²) in [6, 6.07) is 0. The number of nitrogens with one attached hydrogen (secondary N) is 1. The van der Waals surface area contributed by atoms with Crippen molar-refractivity contribution in [1.82, 2.24) is 10.2 Å². The fourth-order valence-electron chi connectivity index (χ4n) is 2.35. The van der Waals surface area contributed by atoms with Gasteiger partial charge in [-0.25, -0.2) is 4.39 Å². The van der Waals surface area contributed by atoms with E-state index in [1.807, 2.05) is 19.2 Å². The van der Waals surface area contributed by atoms with Crippen molar-refractivity contribution in [2.75, 3.05) is 20.1 Å². The van der Waals surface area contributed by atoms with Crippen LogP contribution < -0.4 is 5.32 Å². The summed E-state index contributed by atoms with van der Waals surface area (Å²) in [7, 11) is 2.01. The molecule has 0 aromatic rings. The fourth-order valence-corrected chi connectivity index (χ4v) is 2.35. The Bertz CT molecular complexity index is 420. The first-order valence-electron chi connectivity index (χ1n) is 7.07. The molecule has 2 bridgehead atoms. The molecule has 1 aliphatic carbocycles. The molecule has 2 nitrogen and oxygen atoms in total. The second-order valence-corrected chi connectivity index (χ2v) is 5.15. The van der Waals surface area contributed by atoms with Crippen molar-refractivity contribution < 1.29 is 4.39 Å². The minimum atomic E-state index is -0.980. The van der Waals surface area contributed by atoms with Gasteiger partial charge in [-0.15, -0.1) is 0 Å². The van der Waals surface area contributed by atoms with Gasteiger partial charge in [0.25, 0.3) is 0 Å². The smallest absolute Gasteiger partial charge is 0.137 e. The van der Waals surface area contributed by atoms with Crippen LogP contribution in [-0.2, 0) is 0 Å². The minimum absolute atomic E-state index is 0.212. The third kappa shape index (κ3) is 3.80. The molecule has 19 heavy (non-hydrogen) atoms. The highest BCUT2D eigenvalue weighted by molar-refractivity contribution is 5.36. The minimum Gasteiger partial charge on any atom is -0.351 e. The maximum atomic E-state index is 13.5. The Morgan fingerprint density at radius 1 is 1.32 bits per heavy atom. The molecule has 1 heterocycles. The first-order chi connectivity index (χ1) is 9.20. The van der Waals surface area contributed by atoms with Gasteiger partial charge in [0.05, 0.1) is 0 Å². The number of nitrogens with zero attached hydrogens (tertiary/aromatic N) is 1. The number of rotatable bonds is 5. The Morgan fingerprint density at radius 3 is 2.95 bits per heavy atom. The molecule has 1 N–H and O–H groups in total. The van der Waals surface area contributed by atoms with E-state index in [9.17, 15) is 4.39 Å². The summed E-state index contributed by atoms with van der Waals surface area (Å²) in [6.45, 7) is 4.09. The van der Waals surface area contributed by atoms with Crippen LogP contribution in [0.4, 0.5) is 4.39 Å². The number of alkyl halides is 1. The first kappa shape index (κ1) is 14.1. The maximum absolute atomic E-state index is 13.5. The lowest BCUT2D eigenvalue weighted by atomic mass is 9.93. The Labute approximate surface area is 115 Å². The predicted octanol–water partition coefficient (Wildman–Crippen LogP) is 3.17. The predicted molar refractivity (Wildman–Crippen MR) is 78.4 cm³/mol. The molecule has 0 saturated heterocycles. The zero-order valence-electron chi connectivity index (χ0n) is 11.8. The second-order valence-electron chi connectivity index (χ2n) is 5.15. The average molecular weight is 262 g/mol. The molecule has 0 aromatic heterocycles. The van der Waals surface area contributed by atoms with Crippen LogP contribution in [0.1, 0.15) is 19.8 Å². The number of halogens is 1. The lowest BCUT2D eigenvalue weighted by molar-refractivity contribution is 0.462. The lowest BCUT2D eigenvalue weighted by Gasteiger charge is -2.28. The maximum Gasteiger partial charge on any atom is 0.137 e. The van der Waals surface area contributed by atoms with Gasteiger partial charge in [-0.05, 0) is 42.8 Å². The molecule has 0 fully saturated rings. The average Bonchev–Trinajstić information content (AvgIpc) is 2.39. The number of unbranched alkanes of at least 4 members (excludes halogenated alkanes) is 1. The highest BCUT2D eigenvalue weighted by Gasteiger charge is 2.18. The Kier molecular flexibility index (Phi) is 4.97. The molecule has 2 atom stereocenters. The van der Waals surface area contributed by atoms with Crippen molar-refractivity contribution in [3.63, 3.8) is 0 Å². The van der Waals surface area contributed by atoms with Crippen LogP contribution in [0.2, 0.25) is 0 Å². The van der Waals surface area contributed by atoms with Crippen molar-refractivity contribution in [1.29, 1.82) is 0 Å². The second kappa shape index (κ2) is 6.71. The van der Waals surface area contributed by atoms with Gasteiger partial charge in [0.2, 0.25) is 0 Å². The van der Waals surface area contributed by atoms with Gasteiger partial charge in [-0.3, -0.25) is 0 Å². The summed E-state index contributed by atoms with van der Waals surface area (Å²) >= 11 is 0. The van der Waals surface area contributed by atoms with Crippen molar-refractivity contribution in [2.24, 2.45) is 5.92 Å². The van der Waals surface area contributed by atoms with E-state index >= 15 is 0 Å². The Balaban J connectivity index is 2.05. The first-order valence-corrected chi connectivity index (χ1v) is 7.07. The van der Waals surface area contributed by atoms with Crippen LogP contribution in [-0.4, -0.2) is 31.2 Å². The normalized spacial score (nSPS) is 29.1. The molecule has 2 unspecified atom stereocenters. The van der Waals surface area contributed by atoms with Crippen molar-refractivity contribution in [3.8, 4) is 0 Å². The summed E-state index contributed by atoms with van der Waals surface area (Å²) in [6.07, 6.45) is 12.8. The highest BCUT2D eigenvalue weighted by Crippen LogP contribution is 2.26. The third-order valence-corrected chi connectivity index (χ3v) is 3.53. The van der Waals surface area contributed by atoms with E-state index in [0.717, 1.165) is 18.8 Å². The summed E-state index contributed by atoms with van der Waals surface area (Å²) < 4.78 is 13.5. The molecule has 0 aromatic carbocycles. The fraction of sp³-hybridized carbons (Fsp3) is 0.500. The molecule has 0 saturated carbocycles. The number of allylic oxidation sites excluding steroid dienone is 5. The largest absolute Gasteiger partial charge is 0.351 e. The van der Waals surface area contributed by atoms with Gasteiger partial charge in [0.15, 0.2) is 0 Å². The lowest BCUT2D eigenvalue weighted by Crippen LogP contribution is -2.26. The Hall–Kier alpha value is -1.35. The molecule has 0 spiro atoms. The Morgan fingerprint density at radius 2 is 2.16 bits per heavy atom. The number of hydrogen-bond acceptors (Lipinski definition) is 2. The van der Waals surface area contributed by atoms with Crippen LogP contribution in [0.15, 0.2) is 47.9 Å². The summed E-state index contributed by atoms with van der Waals surface area (Å²) in [4.78, 5) is 2.07. The topological polar surface area (TPSA) is 15.3 Å². The van der Waals surface area contributed by atoms with Crippen LogP contribution in [0.5, 0.6) is 0 Å². The van der Waals surface area contributed by atoms with Crippen molar-refractivity contribution in [3.05, 3.63) is 47.9 Å². The van der Waals surface area contributed by atoms with Gasteiger partial charge >= 0.3 is 0 Å². The van der Waals surface area contributed by atoms with E-state index < -0.39 is 6.17 Å². The number of likely N-dealkylation sites (N-methyl/N-ethyl adjacent to an activating group) is 1. The molecule has 2 rings (SSSR count). The quantitative estimate of drug-likeness (QED) is 0.605. The third-order valence-electron chi connectivity index (χ3n) is 3.53. The molecule has 3 heteroatoms. The van der Waals surface area contributed by atoms with E-state index in [1.165, 1.54) is 18.4 Å². The van der Waals surface area contributed by atoms with E-state index in [2.05, 4.69) is 29.4 Å². The molecule has 0 amide bonds. The van der Waals surface area contributed by atoms with E-state index in [0.29, 0.717) is 0 Å². The SMILES string of the molecule is CCCCNCC1=CN(C)C2=CC1/C=C\C(F)/C=C\2. The van der Waals surface area contributed by atoms with Gasteiger partial charge in [-0.2, -0.15) is 0 Å². The zero-order valence-corrected chi connectivity index (χ0v) is 11.8. The van der Waals surface area contributed by atoms with E-state index in [1.54, 1.807) is 12.2 Å². The van der Waals surface area contributed by atoms with E-state index in [4.69, 9.17) is 0 Å². The van der Waals surface area contributed by atoms with E-state index in [-0.39, 0.29) is 5.92 Å². The van der Waals surface area contributed by atoms with Crippen molar-refractivity contribution >= 4 is 0 Å². The standard InChI is InChI=1S/C16H23FN2/c1-3-4-9-18-11-14-12-19(2)16-8-7-15(17)6-5-13(14)10-16/h5-8,10,12-13,15,18H,3-4,9,11H2,1-2H3/b6-5-,8-7-. The molecular weight excluding hydrogens is 239 g/mol. The van der Waals surface area contributed by atoms with Crippen LogP contribution in [0, 0.1) is 5.92 Å². The summed E-state index contributed by atoms with van der Waals surface area (Å²) in [5.74, 6) is 0.212. The molecular formula is C16H23FN2. The van der Waals surface area contributed by atoms with Crippen molar-refractivity contribution in [2.45, 2.75) is 25.9 Å². The number of fused-ring (bicyclic) bond motifs is 1. The molecule has 104 valence electrons. The summed E-state index contributed by atoms with van der Waals surface area (Å²) in [5, 5.41) is 3.46. The van der Waals surface area contributed by atoms with Crippen LogP contribution in [0.25, 0.3) is 0 Å². The van der Waals surface area contributed by atoms with Crippen LogP contribution >= 0.6 is 0 Å². The van der Waals surface area contributed by atoms with Crippen LogP contribution in [0.3, 0.4) is 0 Å². The number of hydrogen-bond donors (Lipinski definition) is 1. The zero-order chi connectivity index (χ0) is 13.7. The molecule has 2 aliphatic rings. The van der Waals surface area contributed by atoms with Gasteiger partial charge in [0, 0.05) is 31.4 Å². The van der Waals surface area contributed by atoms with Gasteiger partial charge in [0.1, 0.15) is 6.17 Å². The summed E-state index contributed by atoms with van der Waals surface area (Å²) in [5.41, 5.74) is 2.36.